The molecular formula is C7H9NO3. The fourth-order valence-corrected chi connectivity index (χ4v) is 0.176. The highest BCUT2D eigenvalue weighted by Crippen LogP contribution is 1.81. The smallest absolute Gasteiger partial charge is 0.330 e. The van der Waals surface area contributed by atoms with Crippen LogP contribution >= 0.6 is 0 Å². The summed E-state index contributed by atoms with van der Waals surface area (Å²) in [5.41, 5.74) is 0.176. The van der Waals surface area contributed by atoms with E-state index in [2.05, 4.69) is 16.0 Å². The third kappa shape index (κ3) is 6.30. The van der Waals surface area contributed by atoms with Crippen LogP contribution in [0, 0.1) is 0 Å². The summed E-state index contributed by atoms with van der Waals surface area (Å²) in [6, 6.07) is 0. The molecule has 0 fully saturated rings. The quantitative estimate of drug-likeness (QED) is 0.621. The van der Waals surface area contributed by atoms with Gasteiger partial charge in [0.1, 0.15) is 6.26 Å². The topological polar surface area (TPSA) is 63.3 Å². The van der Waals surface area contributed by atoms with Crippen LogP contribution in [0.15, 0.2) is 35.4 Å². The maximum atomic E-state index is 9.60. The fourth-order valence-electron chi connectivity index (χ4n) is 0.176. The molecular weight excluding hydrogens is 146 g/mol. The van der Waals surface area contributed by atoms with E-state index in [1.54, 1.807) is 6.20 Å². The molecule has 0 aliphatic carbocycles. The summed E-state index contributed by atoms with van der Waals surface area (Å²) in [5, 5.41) is 7.89. The zero-order chi connectivity index (χ0) is 8.69. The van der Waals surface area contributed by atoms with Crippen LogP contribution in [0.5, 0.6) is 0 Å². The molecule has 0 spiro atoms. The first-order valence-electron chi connectivity index (χ1n) is 2.85. The van der Waals surface area contributed by atoms with Crippen molar-refractivity contribution in [3.63, 3.8) is 0 Å². The summed E-state index contributed by atoms with van der Waals surface area (Å²) in [4.78, 5) is 13.2. The van der Waals surface area contributed by atoms with Gasteiger partial charge in [-0.15, -0.1) is 0 Å². The molecule has 0 atom stereocenters. The Hall–Kier alpha value is -1.58. The van der Waals surface area contributed by atoms with Gasteiger partial charge in [0.15, 0.2) is 6.39 Å². The number of rotatable bonds is 1. The molecule has 4 nitrogen and oxygen atoms in total. The van der Waals surface area contributed by atoms with Gasteiger partial charge in [0.2, 0.25) is 0 Å². The van der Waals surface area contributed by atoms with E-state index in [4.69, 9.17) is 5.11 Å². The minimum atomic E-state index is -0.935. The Labute approximate surface area is 64.2 Å². The third-order valence-corrected chi connectivity index (χ3v) is 0.712. The summed E-state index contributed by atoms with van der Waals surface area (Å²) in [7, 11) is 0. The molecule has 0 amide bonds. The average molecular weight is 155 g/mol. The van der Waals surface area contributed by atoms with E-state index in [0.717, 1.165) is 0 Å². The summed E-state index contributed by atoms with van der Waals surface area (Å²) in [6.07, 6.45) is 4.47. The van der Waals surface area contributed by atoms with Crippen LogP contribution < -0.4 is 0 Å². The second kappa shape index (κ2) is 5.22. The highest BCUT2D eigenvalue weighted by atomic mass is 16.4. The van der Waals surface area contributed by atoms with Crippen LogP contribution in [-0.2, 0) is 4.79 Å². The summed E-state index contributed by atoms with van der Waals surface area (Å²) in [6.45, 7) is 4.60. The number of hydrogen-bond donors (Lipinski definition) is 1. The summed E-state index contributed by atoms with van der Waals surface area (Å²) >= 11 is 0. The van der Waals surface area contributed by atoms with Gasteiger partial charge in [-0.25, -0.2) is 9.78 Å². The average Bonchev–Trinajstić information content (AvgIpc) is 2.41. The van der Waals surface area contributed by atoms with E-state index in [-0.39, 0.29) is 5.57 Å². The van der Waals surface area contributed by atoms with Crippen molar-refractivity contribution in [2.75, 3.05) is 0 Å². The SMILES string of the molecule is C=C(C)C(=O)O.c1cocn1. The first-order valence-corrected chi connectivity index (χ1v) is 2.85. The van der Waals surface area contributed by atoms with E-state index in [9.17, 15) is 4.79 Å². The number of oxazole rings is 1. The van der Waals surface area contributed by atoms with Gasteiger partial charge in [0.25, 0.3) is 0 Å². The van der Waals surface area contributed by atoms with Gasteiger partial charge in [-0.05, 0) is 6.92 Å². The molecule has 0 aromatic carbocycles. The van der Waals surface area contributed by atoms with Crippen LogP contribution in [0.2, 0.25) is 0 Å². The zero-order valence-corrected chi connectivity index (χ0v) is 6.15. The largest absolute Gasteiger partial charge is 0.478 e. The van der Waals surface area contributed by atoms with E-state index in [1.165, 1.54) is 19.6 Å². The first kappa shape index (κ1) is 9.42. The lowest BCUT2D eigenvalue weighted by atomic mass is 10.4. The number of aromatic nitrogens is 1. The number of carbonyl (C=O) groups is 1. The predicted molar refractivity (Wildman–Crippen MR) is 39.0 cm³/mol. The molecule has 0 bridgehead atoms. The number of carboxylic acids is 1. The Morgan fingerprint density at radius 1 is 1.73 bits per heavy atom. The predicted octanol–water partition coefficient (Wildman–Crippen LogP) is 1.32. The van der Waals surface area contributed by atoms with Crippen molar-refractivity contribution in [2.45, 2.75) is 6.92 Å². The van der Waals surface area contributed by atoms with Crippen LogP contribution in [0.1, 0.15) is 6.92 Å². The van der Waals surface area contributed by atoms with Crippen molar-refractivity contribution in [2.24, 2.45) is 0 Å². The molecule has 0 aliphatic rings. The Balaban J connectivity index is 0.000000183. The Morgan fingerprint density at radius 3 is 2.36 bits per heavy atom. The minimum Gasteiger partial charge on any atom is -0.478 e. The first-order chi connectivity index (χ1) is 5.14. The fraction of sp³-hybridized carbons (Fsp3) is 0.143. The Morgan fingerprint density at radius 2 is 2.27 bits per heavy atom. The molecule has 11 heavy (non-hydrogen) atoms. The molecule has 1 rings (SSSR count). The van der Waals surface area contributed by atoms with Crippen molar-refractivity contribution in [1.29, 1.82) is 0 Å². The third-order valence-electron chi connectivity index (χ3n) is 0.712. The van der Waals surface area contributed by atoms with E-state index in [0.29, 0.717) is 0 Å². The Kier molecular flexibility index (Phi) is 4.47. The van der Waals surface area contributed by atoms with Crippen LogP contribution in [0.25, 0.3) is 0 Å². The van der Waals surface area contributed by atoms with E-state index >= 15 is 0 Å². The Bertz CT molecular complexity index is 186. The van der Waals surface area contributed by atoms with Crippen LogP contribution in [0.3, 0.4) is 0 Å². The van der Waals surface area contributed by atoms with Gasteiger partial charge in [-0.3, -0.25) is 0 Å². The molecule has 0 saturated heterocycles. The van der Waals surface area contributed by atoms with Gasteiger partial charge in [0, 0.05) is 5.57 Å². The molecule has 60 valence electrons. The van der Waals surface area contributed by atoms with Crippen molar-refractivity contribution < 1.29 is 14.3 Å². The highest BCUT2D eigenvalue weighted by Gasteiger charge is 1.90. The van der Waals surface area contributed by atoms with Gasteiger partial charge < -0.3 is 9.52 Å². The molecule has 0 saturated carbocycles. The lowest BCUT2D eigenvalue weighted by Gasteiger charge is -1.79. The van der Waals surface area contributed by atoms with E-state index in [1.807, 2.05) is 0 Å². The zero-order valence-electron chi connectivity index (χ0n) is 6.15. The molecule has 1 aromatic heterocycles. The number of aliphatic carboxylic acids is 1. The van der Waals surface area contributed by atoms with Crippen molar-refractivity contribution >= 4 is 5.97 Å². The number of carboxylic acid groups (broad SMARTS) is 1. The van der Waals surface area contributed by atoms with Gasteiger partial charge in [0.05, 0.1) is 6.20 Å². The van der Waals surface area contributed by atoms with Gasteiger partial charge in [-0.1, -0.05) is 6.58 Å². The second-order valence-corrected chi connectivity index (χ2v) is 1.76. The lowest BCUT2D eigenvalue weighted by molar-refractivity contribution is -0.132. The summed E-state index contributed by atoms with van der Waals surface area (Å²) in [5.74, 6) is -0.935. The van der Waals surface area contributed by atoms with Crippen LogP contribution in [0.4, 0.5) is 0 Å². The van der Waals surface area contributed by atoms with Crippen molar-refractivity contribution in [3.8, 4) is 0 Å². The lowest BCUT2D eigenvalue weighted by Crippen LogP contribution is -1.92. The number of hydrogen-bond acceptors (Lipinski definition) is 3. The van der Waals surface area contributed by atoms with E-state index < -0.39 is 5.97 Å². The molecule has 0 aliphatic heterocycles. The maximum absolute atomic E-state index is 9.60. The highest BCUT2D eigenvalue weighted by molar-refractivity contribution is 5.84. The summed E-state index contributed by atoms with van der Waals surface area (Å²) < 4.78 is 4.47. The normalized spacial score (nSPS) is 7.73. The molecule has 1 N–H and O–H groups in total. The van der Waals surface area contributed by atoms with Gasteiger partial charge in [-0.2, -0.15) is 0 Å². The molecule has 1 heterocycles. The van der Waals surface area contributed by atoms with Crippen LogP contribution in [-0.4, -0.2) is 16.1 Å². The molecule has 1 aromatic rings. The molecule has 0 radical (unpaired) electrons. The molecule has 0 unspecified atom stereocenters. The van der Waals surface area contributed by atoms with Crippen molar-refractivity contribution in [1.82, 2.24) is 4.98 Å². The molecule has 4 heteroatoms. The standard InChI is InChI=1S/C4H6O2.C3H3NO/c1-3(2)4(5)6;1-2-5-3-4-1/h1H2,2H3,(H,5,6);1-3H. The number of nitrogens with zero attached hydrogens (tertiary/aromatic N) is 1. The van der Waals surface area contributed by atoms with Gasteiger partial charge >= 0.3 is 5.97 Å². The monoisotopic (exact) mass is 155 g/mol. The van der Waals surface area contributed by atoms with Crippen molar-refractivity contribution in [3.05, 3.63) is 31.0 Å². The minimum absolute atomic E-state index is 0.176. The maximum Gasteiger partial charge on any atom is 0.330 e. The second-order valence-electron chi connectivity index (χ2n) is 1.76.